The van der Waals surface area contributed by atoms with Crippen molar-refractivity contribution in [2.24, 2.45) is 16.7 Å². The summed E-state index contributed by atoms with van der Waals surface area (Å²) in [5.41, 5.74) is 0.201. The number of aromatic nitrogens is 2. The van der Waals surface area contributed by atoms with Crippen LogP contribution in [0.3, 0.4) is 0 Å². The average Bonchev–Trinajstić information content (AvgIpc) is 3.35. The van der Waals surface area contributed by atoms with Gasteiger partial charge >= 0.3 is 0 Å². The fourth-order valence-corrected chi connectivity index (χ4v) is 6.75. The maximum atomic E-state index is 13.2. The normalized spacial score (nSPS) is 26.5. The van der Waals surface area contributed by atoms with Crippen molar-refractivity contribution in [3.63, 3.8) is 0 Å². The zero-order chi connectivity index (χ0) is 26.1. The van der Waals surface area contributed by atoms with E-state index >= 15 is 0 Å². The van der Waals surface area contributed by atoms with Crippen LogP contribution in [0.4, 0.5) is 0 Å². The number of aliphatic hydroxyl groups excluding tert-OH is 1. The van der Waals surface area contributed by atoms with Crippen LogP contribution in [0.5, 0.6) is 5.75 Å². The zero-order valence-electron chi connectivity index (χ0n) is 21.6. The molecule has 0 bridgehead atoms. The number of nitrogens with zero attached hydrogens (tertiary/aromatic N) is 3. The minimum Gasteiger partial charge on any atom is -0.489 e. The number of nitrogens with one attached hydrogen (secondary N) is 1. The Balaban J connectivity index is 1.37. The van der Waals surface area contributed by atoms with Gasteiger partial charge in [-0.3, -0.25) is 9.48 Å². The van der Waals surface area contributed by atoms with Crippen LogP contribution in [0.25, 0.3) is 0 Å². The summed E-state index contributed by atoms with van der Waals surface area (Å²) in [5, 5.41) is 26.4. The number of hydrogen-bond acceptors (Lipinski definition) is 5. The van der Waals surface area contributed by atoms with Crippen LogP contribution in [-0.2, 0) is 0 Å². The van der Waals surface area contributed by atoms with E-state index in [-0.39, 0.29) is 35.5 Å². The van der Waals surface area contributed by atoms with Gasteiger partial charge in [0.2, 0.25) is 0 Å². The van der Waals surface area contributed by atoms with Crippen LogP contribution in [0, 0.1) is 28.1 Å². The maximum Gasteiger partial charge on any atom is 0.272 e. The minimum absolute atomic E-state index is 0.108. The predicted molar refractivity (Wildman–Crippen MR) is 139 cm³/mol. The van der Waals surface area contributed by atoms with Crippen LogP contribution in [0.1, 0.15) is 88.3 Å². The maximum absolute atomic E-state index is 13.2. The van der Waals surface area contributed by atoms with Crippen molar-refractivity contribution in [2.45, 2.75) is 84.4 Å². The van der Waals surface area contributed by atoms with E-state index in [1.807, 2.05) is 10.9 Å². The highest BCUT2D eigenvalue weighted by molar-refractivity contribution is 6.31. The quantitative estimate of drug-likeness (QED) is 0.484. The third-order valence-electron chi connectivity index (χ3n) is 8.23. The highest BCUT2D eigenvalue weighted by atomic mass is 35.5. The first-order chi connectivity index (χ1) is 17.1. The number of ether oxygens (including phenoxy) is 1. The summed E-state index contributed by atoms with van der Waals surface area (Å²) in [4.78, 5) is 13.2. The van der Waals surface area contributed by atoms with Crippen molar-refractivity contribution in [2.75, 3.05) is 6.61 Å². The minimum atomic E-state index is -0.324. The molecule has 7 nitrogen and oxygen atoms in total. The Morgan fingerprint density at radius 3 is 2.53 bits per heavy atom. The molecule has 1 aromatic heterocycles. The number of carbonyl (C=O) groups excluding carboxylic acids is 1. The smallest absolute Gasteiger partial charge is 0.272 e. The Hall–Kier alpha value is -2.56. The van der Waals surface area contributed by atoms with Gasteiger partial charge in [0.25, 0.3) is 5.91 Å². The van der Waals surface area contributed by atoms with Gasteiger partial charge in [-0.1, -0.05) is 39.3 Å². The van der Waals surface area contributed by atoms with Gasteiger partial charge in [-0.05, 0) is 62.6 Å². The fraction of sp³-hybridized carbons (Fsp3) is 0.607. The number of nitriles is 1. The average molecular weight is 513 g/mol. The summed E-state index contributed by atoms with van der Waals surface area (Å²) in [5.74, 6) is 1.13. The number of carbonyl (C=O) groups is 1. The molecule has 2 saturated carbocycles. The number of rotatable bonds is 8. The molecule has 2 aliphatic rings. The van der Waals surface area contributed by atoms with Crippen molar-refractivity contribution in [3.05, 3.63) is 46.7 Å². The lowest BCUT2D eigenvalue weighted by atomic mass is 9.49. The topological polar surface area (TPSA) is 100 Å². The highest BCUT2D eigenvalue weighted by Gasteiger charge is 2.64. The second kappa shape index (κ2) is 10.4. The number of benzene rings is 1. The van der Waals surface area contributed by atoms with E-state index in [0.29, 0.717) is 34.0 Å². The largest absolute Gasteiger partial charge is 0.489 e. The van der Waals surface area contributed by atoms with E-state index in [4.69, 9.17) is 26.7 Å². The van der Waals surface area contributed by atoms with Crippen LogP contribution in [0.2, 0.25) is 5.02 Å². The molecule has 0 spiro atoms. The summed E-state index contributed by atoms with van der Waals surface area (Å²) in [6.07, 6.45) is 8.13. The second-order valence-corrected chi connectivity index (χ2v) is 11.9. The molecule has 0 unspecified atom stereocenters. The van der Waals surface area contributed by atoms with Crippen molar-refractivity contribution in [1.82, 2.24) is 15.1 Å². The number of aliphatic hydroxyl groups is 1. The molecular weight excluding hydrogens is 476 g/mol. The van der Waals surface area contributed by atoms with Gasteiger partial charge in [0, 0.05) is 35.7 Å². The van der Waals surface area contributed by atoms with Crippen molar-refractivity contribution >= 4 is 17.5 Å². The second-order valence-electron chi connectivity index (χ2n) is 11.5. The van der Waals surface area contributed by atoms with Gasteiger partial charge in [-0.2, -0.15) is 10.4 Å². The van der Waals surface area contributed by atoms with E-state index in [9.17, 15) is 4.79 Å². The lowest BCUT2D eigenvalue weighted by molar-refractivity contribution is -0.164. The van der Waals surface area contributed by atoms with Crippen molar-refractivity contribution in [3.8, 4) is 11.8 Å². The summed E-state index contributed by atoms with van der Waals surface area (Å²) in [6.45, 7) is 8.63. The Labute approximate surface area is 218 Å². The molecule has 1 aromatic carbocycles. The molecule has 194 valence electrons. The van der Waals surface area contributed by atoms with Crippen LogP contribution < -0.4 is 10.1 Å². The molecule has 0 aliphatic heterocycles. The lowest BCUT2D eigenvalue weighted by Crippen LogP contribution is -2.74. The molecule has 2 aromatic rings. The Bertz CT molecular complexity index is 1110. The van der Waals surface area contributed by atoms with E-state index in [1.165, 1.54) is 0 Å². The Morgan fingerprint density at radius 1 is 1.22 bits per heavy atom. The van der Waals surface area contributed by atoms with Crippen molar-refractivity contribution < 1.29 is 14.6 Å². The Kier molecular flexibility index (Phi) is 7.68. The number of halogens is 1. The molecule has 0 radical (unpaired) electrons. The van der Waals surface area contributed by atoms with Crippen LogP contribution >= 0.6 is 11.6 Å². The van der Waals surface area contributed by atoms with Gasteiger partial charge in [-0.15, -0.1) is 0 Å². The predicted octanol–water partition coefficient (Wildman–Crippen LogP) is 5.52. The monoisotopic (exact) mass is 512 g/mol. The van der Waals surface area contributed by atoms with Gasteiger partial charge in [0.1, 0.15) is 23.6 Å². The van der Waals surface area contributed by atoms with Crippen molar-refractivity contribution in [1.29, 1.82) is 5.26 Å². The third-order valence-corrected chi connectivity index (χ3v) is 8.54. The van der Waals surface area contributed by atoms with Crippen LogP contribution in [0.15, 0.2) is 30.5 Å². The van der Waals surface area contributed by atoms with E-state index in [2.05, 4.69) is 44.2 Å². The summed E-state index contributed by atoms with van der Waals surface area (Å²) < 4.78 is 8.27. The number of hydrogen-bond donors (Lipinski definition) is 2. The summed E-state index contributed by atoms with van der Waals surface area (Å²) in [6, 6.07) is 9.17. The van der Waals surface area contributed by atoms with Gasteiger partial charge in [0.15, 0.2) is 0 Å². The molecule has 0 saturated heterocycles. The molecule has 4 rings (SSSR count). The summed E-state index contributed by atoms with van der Waals surface area (Å²) in [7, 11) is 0. The molecule has 36 heavy (non-hydrogen) atoms. The van der Waals surface area contributed by atoms with Gasteiger partial charge in [-0.25, -0.2) is 0 Å². The summed E-state index contributed by atoms with van der Waals surface area (Å²) >= 11 is 6.19. The molecule has 8 heteroatoms. The SMILES string of the molecule is CC1(C)C(NC(=O)c2ccn(C3CCC(CCCO)CC3)n2)C(C)(C)C1Oc1ccc(C#N)c(Cl)c1. The van der Waals surface area contributed by atoms with E-state index in [1.54, 1.807) is 24.3 Å². The molecule has 1 heterocycles. The first-order valence-electron chi connectivity index (χ1n) is 12.9. The van der Waals surface area contributed by atoms with E-state index in [0.717, 1.165) is 38.5 Å². The molecule has 0 atom stereocenters. The first-order valence-corrected chi connectivity index (χ1v) is 13.3. The molecular formula is C28H37ClN4O3. The van der Waals surface area contributed by atoms with Gasteiger partial charge < -0.3 is 15.2 Å². The lowest BCUT2D eigenvalue weighted by Gasteiger charge is -2.63. The fourth-order valence-electron chi connectivity index (χ4n) is 6.54. The van der Waals surface area contributed by atoms with E-state index < -0.39 is 0 Å². The molecule has 2 aliphatic carbocycles. The van der Waals surface area contributed by atoms with Gasteiger partial charge in [0.05, 0.1) is 16.6 Å². The Morgan fingerprint density at radius 2 is 1.92 bits per heavy atom. The molecule has 1 amide bonds. The first kappa shape index (κ1) is 26.5. The standard InChI is InChI=1S/C28H37ClN4O3/c1-27(2)25(28(3,4)26(27)36-21-12-9-19(17-30)22(29)16-21)31-24(35)23-13-14-33(32-23)20-10-7-18(8-11-20)6-5-15-34/h9,12-14,16,18,20,25-26,34H,5-8,10-11,15H2,1-4H3,(H,31,35). The van der Waals surface area contributed by atoms with Crippen LogP contribution in [-0.4, -0.2) is 39.5 Å². The molecule has 2 fully saturated rings. The number of amides is 1. The molecule has 2 N–H and O–H groups in total. The third kappa shape index (κ3) is 5.12. The highest BCUT2D eigenvalue weighted by Crippen LogP contribution is 2.55. The zero-order valence-corrected chi connectivity index (χ0v) is 22.4.